The van der Waals surface area contributed by atoms with Crippen LogP contribution in [0.2, 0.25) is 0 Å². The number of carbonyl (C=O) groups is 1. The minimum absolute atomic E-state index is 0.0314. The zero-order valence-corrected chi connectivity index (χ0v) is 16.0. The fourth-order valence-corrected chi connectivity index (χ4v) is 4.22. The smallest absolute Gasteiger partial charge is 0.256 e. The Balaban J connectivity index is 1.42. The first-order chi connectivity index (χ1) is 13.7. The highest BCUT2D eigenvalue weighted by Crippen LogP contribution is 2.28. The van der Waals surface area contributed by atoms with Crippen LogP contribution in [0.5, 0.6) is 0 Å². The van der Waals surface area contributed by atoms with E-state index in [4.69, 9.17) is 4.98 Å². The summed E-state index contributed by atoms with van der Waals surface area (Å²) in [4.78, 5) is 24.4. The first-order valence-electron chi connectivity index (χ1n) is 9.99. The van der Waals surface area contributed by atoms with Crippen LogP contribution in [0.4, 0.5) is 0 Å². The maximum absolute atomic E-state index is 13.2. The molecule has 6 nitrogen and oxygen atoms in total. The highest BCUT2D eigenvalue weighted by molar-refractivity contribution is 5.94. The van der Waals surface area contributed by atoms with Gasteiger partial charge in [-0.15, -0.1) is 0 Å². The van der Waals surface area contributed by atoms with Gasteiger partial charge < -0.3 is 4.90 Å². The van der Waals surface area contributed by atoms with E-state index >= 15 is 0 Å². The first-order valence-corrected chi connectivity index (χ1v) is 9.99. The SMILES string of the molecule is C[C@H]1c2nc(-c3ccccc3)nn2CCN1C(=O)c1cnc2c(c1)CCCC2. The Morgan fingerprint density at radius 3 is 2.79 bits per heavy atom. The number of rotatable bonds is 2. The molecule has 0 saturated carbocycles. The predicted molar refractivity (Wildman–Crippen MR) is 106 cm³/mol. The highest BCUT2D eigenvalue weighted by atomic mass is 16.2. The minimum atomic E-state index is -0.123. The van der Waals surface area contributed by atoms with Gasteiger partial charge in [-0.1, -0.05) is 30.3 Å². The molecule has 1 atom stereocenters. The number of carbonyl (C=O) groups excluding carboxylic acids is 1. The number of hydrogen-bond acceptors (Lipinski definition) is 4. The molecule has 0 spiro atoms. The summed E-state index contributed by atoms with van der Waals surface area (Å²) in [5.74, 6) is 1.58. The van der Waals surface area contributed by atoms with Gasteiger partial charge in [0.05, 0.1) is 18.2 Å². The molecule has 1 amide bonds. The lowest BCUT2D eigenvalue weighted by Crippen LogP contribution is -2.41. The molecular formula is C22H23N5O. The van der Waals surface area contributed by atoms with Crippen LogP contribution >= 0.6 is 0 Å². The summed E-state index contributed by atoms with van der Waals surface area (Å²) >= 11 is 0. The largest absolute Gasteiger partial charge is 0.327 e. The summed E-state index contributed by atoms with van der Waals surface area (Å²) in [5.41, 5.74) is 4.06. The van der Waals surface area contributed by atoms with Crippen molar-refractivity contribution in [3.63, 3.8) is 0 Å². The first kappa shape index (κ1) is 17.1. The molecule has 3 heterocycles. The van der Waals surface area contributed by atoms with Crippen LogP contribution in [-0.4, -0.2) is 37.1 Å². The fourth-order valence-electron chi connectivity index (χ4n) is 4.22. The number of amides is 1. The van der Waals surface area contributed by atoms with Gasteiger partial charge in [0.2, 0.25) is 0 Å². The Morgan fingerprint density at radius 2 is 1.93 bits per heavy atom. The van der Waals surface area contributed by atoms with E-state index < -0.39 is 0 Å². The average molecular weight is 373 g/mol. The van der Waals surface area contributed by atoms with Crippen molar-refractivity contribution in [1.82, 2.24) is 24.6 Å². The summed E-state index contributed by atoms with van der Waals surface area (Å²) in [5, 5.41) is 4.65. The second kappa shape index (κ2) is 6.86. The number of aromatic nitrogens is 4. The van der Waals surface area contributed by atoms with Crippen molar-refractivity contribution in [3.8, 4) is 11.4 Å². The molecule has 0 radical (unpaired) electrons. The molecule has 0 bridgehead atoms. The zero-order chi connectivity index (χ0) is 19.1. The summed E-state index contributed by atoms with van der Waals surface area (Å²) in [7, 11) is 0. The second-order valence-corrected chi connectivity index (χ2v) is 7.59. The minimum Gasteiger partial charge on any atom is -0.327 e. The molecule has 28 heavy (non-hydrogen) atoms. The van der Waals surface area contributed by atoms with Crippen LogP contribution in [0.1, 0.15) is 53.2 Å². The molecule has 0 unspecified atom stereocenters. The molecule has 1 aliphatic carbocycles. The number of nitrogens with zero attached hydrogens (tertiary/aromatic N) is 5. The van der Waals surface area contributed by atoms with Crippen molar-refractivity contribution in [2.75, 3.05) is 6.54 Å². The van der Waals surface area contributed by atoms with Crippen LogP contribution in [-0.2, 0) is 19.4 Å². The van der Waals surface area contributed by atoms with Gasteiger partial charge in [0.1, 0.15) is 5.82 Å². The molecule has 0 N–H and O–H groups in total. The Morgan fingerprint density at radius 1 is 1.11 bits per heavy atom. The van der Waals surface area contributed by atoms with Crippen molar-refractivity contribution in [2.45, 2.75) is 45.2 Å². The van der Waals surface area contributed by atoms with Gasteiger partial charge in [-0.25, -0.2) is 9.67 Å². The monoisotopic (exact) mass is 373 g/mol. The second-order valence-electron chi connectivity index (χ2n) is 7.59. The molecule has 6 heteroatoms. The van der Waals surface area contributed by atoms with Crippen LogP contribution in [0.25, 0.3) is 11.4 Å². The molecule has 142 valence electrons. The molecule has 5 rings (SSSR count). The number of aryl methyl sites for hydroxylation is 2. The predicted octanol–water partition coefficient (Wildman–Crippen LogP) is 3.44. The summed E-state index contributed by atoms with van der Waals surface area (Å²) in [6.45, 7) is 3.31. The van der Waals surface area contributed by atoms with Gasteiger partial charge >= 0.3 is 0 Å². The van der Waals surface area contributed by atoms with Gasteiger partial charge in [0, 0.05) is 24.0 Å². The lowest BCUT2D eigenvalue weighted by molar-refractivity contribution is 0.0630. The Labute approximate surface area is 164 Å². The molecule has 1 aromatic carbocycles. The topological polar surface area (TPSA) is 63.9 Å². The summed E-state index contributed by atoms with van der Waals surface area (Å²) < 4.78 is 1.93. The van der Waals surface area contributed by atoms with E-state index in [0.717, 1.165) is 29.9 Å². The lowest BCUT2D eigenvalue weighted by Gasteiger charge is -2.33. The standard InChI is InChI=1S/C22H23N5O/c1-15-21-24-20(16-7-3-2-4-8-16)25-27(21)12-11-26(15)22(28)18-13-17-9-5-6-10-19(17)23-14-18/h2-4,7-8,13-15H,5-6,9-12H2,1H3/t15-/m0/s1. The Kier molecular flexibility index (Phi) is 4.19. The Bertz CT molecular complexity index is 1030. The van der Waals surface area contributed by atoms with Crippen LogP contribution < -0.4 is 0 Å². The van der Waals surface area contributed by atoms with E-state index in [1.165, 1.54) is 18.4 Å². The van der Waals surface area contributed by atoms with Crippen molar-refractivity contribution >= 4 is 5.91 Å². The third-order valence-electron chi connectivity index (χ3n) is 5.80. The Hall–Kier alpha value is -3.02. The van der Waals surface area contributed by atoms with Gasteiger partial charge in [-0.05, 0) is 44.2 Å². The van der Waals surface area contributed by atoms with E-state index in [1.54, 1.807) is 6.20 Å². The van der Waals surface area contributed by atoms with Gasteiger partial charge in [-0.3, -0.25) is 9.78 Å². The van der Waals surface area contributed by atoms with Crippen molar-refractivity contribution in [3.05, 3.63) is 65.2 Å². The van der Waals surface area contributed by atoms with Crippen molar-refractivity contribution in [1.29, 1.82) is 0 Å². The number of pyridine rings is 1. The molecule has 3 aromatic rings. The maximum Gasteiger partial charge on any atom is 0.256 e. The van der Waals surface area contributed by atoms with E-state index in [-0.39, 0.29) is 11.9 Å². The molecule has 0 fully saturated rings. The van der Waals surface area contributed by atoms with E-state index in [9.17, 15) is 4.79 Å². The van der Waals surface area contributed by atoms with Gasteiger partial charge in [0.25, 0.3) is 5.91 Å². The van der Waals surface area contributed by atoms with Crippen LogP contribution in [0, 0.1) is 0 Å². The third kappa shape index (κ3) is 2.89. The van der Waals surface area contributed by atoms with Crippen molar-refractivity contribution < 1.29 is 4.79 Å². The number of benzene rings is 1. The van der Waals surface area contributed by atoms with E-state index in [1.807, 2.05) is 52.9 Å². The highest BCUT2D eigenvalue weighted by Gasteiger charge is 2.31. The number of fused-ring (bicyclic) bond motifs is 2. The van der Waals surface area contributed by atoms with Crippen LogP contribution in [0.15, 0.2) is 42.6 Å². The molecule has 2 aliphatic rings. The molecular weight excluding hydrogens is 350 g/mol. The fraction of sp³-hybridized carbons (Fsp3) is 0.364. The van der Waals surface area contributed by atoms with E-state index in [2.05, 4.69) is 10.1 Å². The zero-order valence-electron chi connectivity index (χ0n) is 16.0. The summed E-state index contributed by atoms with van der Waals surface area (Å²) in [6, 6.07) is 11.9. The normalized spacial score (nSPS) is 18.5. The third-order valence-corrected chi connectivity index (χ3v) is 5.80. The lowest BCUT2D eigenvalue weighted by atomic mass is 9.95. The van der Waals surface area contributed by atoms with Gasteiger partial charge in [0.15, 0.2) is 5.82 Å². The van der Waals surface area contributed by atoms with Crippen LogP contribution in [0.3, 0.4) is 0 Å². The summed E-state index contributed by atoms with van der Waals surface area (Å²) in [6.07, 6.45) is 6.16. The van der Waals surface area contributed by atoms with Gasteiger partial charge in [-0.2, -0.15) is 5.10 Å². The molecule has 1 aliphatic heterocycles. The maximum atomic E-state index is 13.2. The number of hydrogen-bond donors (Lipinski definition) is 0. The molecule has 0 saturated heterocycles. The van der Waals surface area contributed by atoms with Crippen molar-refractivity contribution in [2.24, 2.45) is 0 Å². The van der Waals surface area contributed by atoms with E-state index in [0.29, 0.717) is 24.5 Å². The average Bonchev–Trinajstić information content (AvgIpc) is 3.19. The quantitative estimate of drug-likeness (QED) is 0.690. The molecule has 2 aromatic heterocycles.